The zero-order valence-corrected chi connectivity index (χ0v) is 9.00. The fourth-order valence-electron chi connectivity index (χ4n) is 0.955. The van der Waals surface area contributed by atoms with Crippen molar-refractivity contribution >= 4 is 11.8 Å². The zero-order chi connectivity index (χ0) is 11.5. The lowest BCUT2D eigenvalue weighted by Gasteiger charge is -2.19. The lowest BCUT2D eigenvalue weighted by molar-refractivity contribution is 0.0636. The van der Waals surface area contributed by atoms with Gasteiger partial charge in [0.05, 0.1) is 0 Å². The van der Waals surface area contributed by atoms with Crippen LogP contribution in [0.15, 0.2) is 24.3 Å². The number of amides is 1. The molecule has 1 aromatic rings. The summed E-state index contributed by atoms with van der Waals surface area (Å²) in [6.45, 7) is 5.33. The molecule has 1 rings (SSSR count). The molecule has 1 amide bonds. The fraction of sp³-hybridized carbons (Fsp3) is 0.364. The monoisotopic (exact) mass is 210 g/mol. The van der Waals surface area contributed by atoms with Gasteiger partial charge in [0, 0.05) is 5.69 Å². The highest BCUT2D eigenvalue weighted by Crippen LogP contribution is 2.12. The molecule has 1 aromatic carbocycles. The molecule has 15 heavy (non-hydrogen) atoms. The Balaban J connectivity index is 2.55. The van der Waals surface area contributed by atoms with E-state index in [1.165, 1.54) is 24.3 Å². The summed E-state index contributed by atoms with van der Waals surface area (Å²) in [6.07, 6.45) is -0.547. The molecular formula is C11H14FNO2. The van der Waals surface area contributed by atoms with E-state index in [0.29, 0.717) is 5.69 Å². The van der Waals surface area contributed by atoms with Crippen LogP contribution in [-0.2, 0) is 4.74 Å². The van der Waals surface area contributed by atoms with Gasteiger partial charge in [0.1, 0.15) is 11.4 Å². The summed E-state index contributed by atoms with van der Waals surface area (Å²) in [4.78, 5) is 11.3. The molecule has 0 saturated heterocycles. The maximum Gasteiger partial charge on any atom is 0.412 e. The number of nitrogens with one attached hydrogen (secondary N) is 1. The standard InChI is InChI=1S/C11H14FNO2/c1-11(2,3)15-10(14)13-9-6-4-8(12)5-7-9/h4-7H,1-3H3,(H,13,14)/i12-1. The number of anilines is 1. The van der Waals surface area contributed by atoms with E-state index in [0.717, 1.165) is 0 Å². The Labute approximate surface area is 88.2 Å². The number of carbonyl (C=O) groups is 1. The van der Waals surface area contributed by atoms with E-state index in [9.17, 15) is 9.18 Å². The number of ether oxygens (including phenoxy) is 1. The van der Waals surface area contributed by atoms with Crippen molar-refractivity contribution in [1.29, 1.82) is 0 Å². The van der Waals surface area contributed by atoms with Crippen LogP contribution >= 0.6 is 0 Å². The van der Waals surface area contributed by atoms with Gasteiger partial charge in [0.25, 0.3) is 0 Å². The molecule has 4 heteroatoms. The van der Waals surface area contributed by atoms with E-state index in [1.54, 1.807) is 20.8 Å². The molecule has 0 aliphatic heterocycles. The summed E-state index contributed by atoms with van der Waals surface area (Å²) < 4.78 is 17.6. The summed E-state index contributed by atoms with van der Waals surface area (Å²) in [5, 5.41) is 2.50. The lowest BCUT2D eigenvalue weighted by Crippen LogP contribution is -2.27. The van der Waals surface area contributed by atoms with Crippen LogP contribution < -0.4 is 5.32 Å². The van der Waals surface area contributed by atoms with Crippen LogP contribution in [0.4, 0.5) is 14.9 Å². The predicted molar refractivity (Wildman–Crippen MR) is 56.3 cm³/mol. The predicted octanol–water partition coefficient (Wildman–Crippen LogP) is 3.17. The van der Waals surface area contributed by atoms with Gasteiger partial charge in [-0.05, 0) is 45.0 Å². The first-order chi connectivity index (χ1) is 6.87. The molecule has 0 aromatic heterocycles. The molecule has 3 nitrogen and oxygen atoms in total. The molecule has 0 bridgehead atoms. The summed E-state index contributed by atoms with van der Waals surface area (Å²) >= 11 is 0. The molecule has 0 aliphatic carbocycles. The Morgan fingerprint density at radius 1 is 1.27 bits per heavy atom. The van der Waals surface area contributed by atoms with E-state index < -0.39 is 11.7 Å². The molecule has 0 unspecified atom stereocenters. The van der Waals surface area contributed by atoms with Crippen molar-refractivity contribution in [2.45, 2.75) is 26.4 Å². The van der Waals surface area contributed by atoms with E-state index in [2.05, 4.69) is 5.32 Å². The molecule has 0 heterocycles. The van der Waals surface area contributed by atoms with Gasteiger partial charge in [-0.1, -0.05) is 0 Å². The van der Waals surface area contributed by atoms with Gasteiger partial charge in [-0.2, -0.15) is 0 Å². The molecule has 0 saturated carbocycles. The maximum absolute atomic E-state index is 12.6. The first kappa shape index (κ1) is 11.5. The van der Waals surface area contributed by atoms with Crippen molar-refractivity contribution in [3.63, 3.8) is 0 Å². The van der Waals surface area contributed by atoms with Crippen LogP contribution in [0.25, 0.3) is 0 Å². The van der Waals surface area contributed by atoms with E-state index in [4.69, 9.17) is 4.74 Å². The quantitative estimate of drug-likeness (QED) is 0.773. The van der Waals surface area contributed by atoms with Gasteiger partial charge in [0.15, 0.2) is 0 Å². The van der Waals surface area contributed by atoms with E-state index in [1.807, 2.05) is 0 Å². The normalized spacial score (nSPS) is 10.9. The Hall–Kier alpha value is -1.58. The third-order valence-corrected chi connectivity index (χ3v) is 1.49. The van der Waals surface area contributed by atoms with Gasteiger partial charge >= 0.3 is 6.09 Å². The number of hydrogen-bond donors (Lipinski definition) is 1. The molecule has 1 N–H and O–H groups in total. The summed E-state index contributed by atoms with van der Waals surface area (Å²) in [5.41, 5.74) is -0.0324. The first-order valence-corrected chi connectivity index (χ1v) is 4.62. The largest absolute Gasteiger partial charge is 0.444 e. The Morgan fingerprint density at radius 2 is 1.80 bits per heavy atom. The highest BCUT2D eigenvalue weighted by molar-refractivity contribution is 5.84. The average molecular weight is 210 g/mol. The highest BCUT2D eigenvalue weighted by atomic mass is 18.2. The summed E-state index contributed by atoms with van der Waals surface area (Å²) in [7, 11) is 0. The molecule has 0 fully saturated rings. The maximum atomic E-state index is 12.6. The topological polar surface area (TPSA) is 38.3 Å². The number of halogens is 1. The van der Waals surface area contributed by atoms with Gasteiger partial charge in [-0.25, -0.2) is 9.18 Å². The van der Waals surface area contributed by atoms with Gasteiger partial charge in [-0.3, -0.25) is 5.32 Å². The molecule has 0 spiro atoms. The second kappa shape index (κ2) is 4.29. The second-order valence-electron chi connectivity index (χ2n) is 4.13. The van der Waals surface area contributed by atoms with E-state index >= 15 is 0 Å². The van der Waals surface area contributed by atoms with Crippen molar-refractivity contribution in [1.82, 2.24) is 0 Å². The minimum atomic E-state index is -0.547. The van der Waals surface area contributed by atoms with Crippen molar-refractivity contribution in [2.24, 2.45) is 0 Å². The Bertz CT molecular complexity index is 341. The Morgan fingerprint density at radius 3 is 2.27 bits per heavy atom. The number of rotatable bonds is 1. The second-order valence-corrected chi connectivity index (χ2v) is 4.13. The molecular weight excluding hydrogens is 196 g/mol. The minimum Gasteiger partial charge on any atom is -0.444 e. The van der Waals surface area contributed by atoms with Crippen LogP contribution in [0.1, 0.15) is 20.8 Å². The van der Waals surface area contributed by atoms with Gasteiger partial charge in [0.2, 0.25) is 0 Å². The third kappa shape index (κ3) is 4.44. The first-order valence-electron chi connectivity index (χ1n) is 4.62. The van der Waals surface area contributed by atoms with Gasteiger partial charge in [-0.15, -0.1) is 0 Å². The third-order valence-electron chi connectivity index (χ3n) is 1.49. The molecule has 82 valence electrons. The zero-order valence-electron chi connectivity index (χ0n) is 9.00. The van der Waals surface area contributed by atoms with Crippen LogP contribution in [0.5, 0.6) is 0 Å². The van der Waals surface area contributed by atoms with E-state index in [-0.39, 0.29) is 5.82 Å². The summed E-state index contributed by atoms with van der Waals surface area (Å²) in [5.74, 6) is -0.343. The molecule has 0 atom stereocenters. The van der Waals surface area contributed by atoms with Gasteiger partial charge < -0.3 is 4.74 Å². The van der Waals surface area contributed by atoms with Crippen molar-refractivity contribution in [3.05, 3.63) is 30.1 Å². The van der Waals surface area contributed by atoms with Crippen LogP contribution in [0.3, 0.4) is 0 Å². The van der Waals surface area contributed by atoms with Crippen LogP contribution in [-0.4, -0.2) is 11.7 Å². The minimum absolute atomic E-state index is 0.343. The molecule has 0 aliphatic rings. The number of benzene rings is 1. The fourth-order valence-corrected chi connectivity index (χ4v) is 0.955. The molecule has 0 radical (unpaired) electrons. The summed E-state index contributed by atoms with van der Waals surface area (Å²) in [6, 6.07) is 5.48. The number of hydrogen-bond acceptors (Lipinski definition) is 2. The highest BCUT2D eigenvalue weighted by Gasteiger charge is 2.15. The number of carbonyl (C=O) groups excluding carboxylic acids is 1. The van der Waals surface area contributed by atoms with Crippen LogP contribution in [0, 0.1) is 5.82 Å². The van der Waals surface area contributed by atoms with Crippen LogP contribution in [0.2, 0.25) is 0 Å². The lowest BCUT2D eigenvalue weighted by atomic mass is 10.2. The van der Waals surface area contributed by atoms with Crippen molar-refractivity contribution in [3.8, 4) is 0 Å². The smallest absolute Gasteiger partial charge is 0.412 e. The SMILES string of the molecule is CC(C)(C)OC(=O)Nc1ccc([18F])cc1. The average Bonchev–Trinajstić information content (AvgIpc) is 2.05. The van der Waals surface area contributed by atoms with Crippen molar-refractivity contribution < 1.29 is 13.9 Å². The Kier molecular flexibility index (Phi) is 3.29. The van der Waals surface area contributed by atoms with Crippen molar-refractivity contribution in [2.75, 3.05) is 5.32 Å².